The van der Waals surface area contributed by atoms with Gasteiger partial charge in [0.2, 0.25) is 0 Å². The van der Waals surface area contributed by atoms with Gasteiger partial charge in [-0.2, -0.15) is 0 Å². The Labute approximate surface area is 127 Å². The molecule has 3 rings (SSSR count). The monoisotopic (exact) mass is 335 g/mol. The van der Waals surface area contributed by atoms with Crippen molar-refractivity contribution in [2.24, 2.45) is 0 Å². The van der Waals surface area contributed by atoms with E-state index in [2.05, 4.69) is 27.3 Å². The molecule has 106 valence electrons. The van der Waals surface area contributed by atoms with E-state index < -0.39 is 0 Å². The van der Waals surface area contributed by atoms with E-state index in [0.29, 0.717) is 12.6 Å². The van der Waals surface area contributed by atoms with E-state index >= 15 is 0 Å². The van der Waals surface area contributed by atoms with Crippen molar-refractivity contribution in [2.75, 3.05) is 0 Å². The molecule has 0 saturated heterocycles. The molecule has 1 aromatic heterocycles. The molecule has 0 spiro atoms. The van der Waals surface area contributed by atoms with Gasteiger partial charge in [0.05, 0.1) is 4.47 Å². The van der Waals surface area contributed by atoms with Gasteiger partial charge in [-0.1, -0.05) is 12.1 Å². The van der Waals surface area contributed by atoms with Crippen LogP contribution in [-0.2, 0) is 13.2 Å². The molecule has 1 N–H and O–H groups in total. The normalized spacial score (nSPS) is 14.5. The molecular weight excluding hydrogens is 318 g/mol. The number of hydrogen-bond acceptors (Lipinski definition) is 3. The fraction of sp³-hybridized carbons (Fsp3) is 0.375. The van der Waals surface area contributed by atoms with E-state index in [1.54, 1.807) is 0 Å². The highest BCUT2D eigenvalue weighted by molar-refractivity contribution is 9.10. The van der Waals surface area contributed by atoms with Crippen LogP contribution >= 0.6 is 15.9 Å². The number of furan rings is 1. The van der Waals surface area contributed by atoms with Crippen LogP contribution < -0.4 is 10.1 Å². The molecule has 1 aliphatic carbocycles. The molecule has 1 saturated carbocycles. The first-order valence-corrected chi connectivity index (χ1v) is 7.70. The molecule has 20 heavy (non-hydrogen) atoms. The Morgan fingerprint density at radius 3 is 2.90 bits per heavy atom. The number of para-hydroxylation sites is 1. The topological polar surface area (TPSA) is 34.4 Å². The van der Waals surface area contributed by atoms with Gasteiger partial charge in [-0.3, -0.25) is 0 Å². The van der Waals surface area contributed by atoms with Crippen LogP contribution in [0.3, 0.4) is 0 Å². The third-order valence-electron chi connectivity index (χ3n) is 3.44. The molecular formula is C16H18BrNO2. The summed E-state index contributed by atoms with van der Waals surface area (Å²) in [6.07, 6.45) is 2.60. The zero-order valence-corrected chi connectivity index (χ0v) is 13.1. The first kappa shape index (κ1) is 13.7. The van der Waals surface area contributed by atoms with Crippen LogP contribution in [-0.4, -0.2) is 6.04 Å². The van der Waals surface area contributed by atoms with Crippen molar-refractivity contribution < 1.29 is 9.15 Å². The van der Waals surface area contributed by atoms with Gasteiger partial charge >= 0.3 is 0 Å². The number of rotatable bonds is 6. The van der Waals surface area contributed by atoms with Gasteiger partial charge in [-0.25, -0.2) is 0 Å². The van der Waals surface area contributed by atoms with E-state index in [-0.39, 0.29) is 0 Å². The smallest absolute Gasteiger partial charge is 0.146 e. The number of nitrogens with one attached hydrogen (secondary N) is 1. The largest absolute Gasteiger partial charge is 0.484 e. The fourth-order valence-corrected chi connectivity index (χ4v) is 2.49. The lowest BCUT2D eigenvalue weighted by Gasteiger charge is -2.05. The van der Waals surface area contributed by atoms with Gasteiger partial charge in [-0.15, -0.1) is 0 Å². The summed E-state index contributed by atoms with van der Waals surface area (Å²) in [5.41, 5.74) is 1.22. The summed E-state index contributed by atoms with van der Waals surface area (Å²) in [5, 5.41) is 3.50. The lowest BCUT2D eigenvalue weighted by Crippen LogP contribution is -2.15. The van der Waals surface area contributed by atoms with E-state index in [4.69, 9.17) is 9.15 Å². The van der Waals surface area contributed by atoms with Crippen LogP contribution in [0, 0.1) is 6.92 Å². The molecule has 0 atom stereocenters. The van der Waals surface area contributed by atoms with Crippen molar-refractivity contribution in [2.45, 2.75) is 39.0 Å². The minimum atomic E-state index is 0.451. The maximum atomic E-state index is 5.77. The van der Waals surface area contributed by atoms with E-state index in [1.165, 1.54) is 18.4 Å². The second-order valence-corrected chi connectivity index (χ2v) is 6.02. The summed E-state index contributed by atoms with van der Waals surface area (Å²) >= 11 is 3.47. The van der Waals surface area contributed by atoms with E-state index in [9.17, 15) is 0 Å². The Hall–Kier alpha value is -1.26. The molecule has 2 aromatic rings. The molecule has 3 nitrogen and oxygen atoms in total. The maximum absolute atomic E-state index is 5.77. The minimum absolute atomic E-state index is 0.451. The quantitative estimate of drug-likeness (QED) is 0.859. The van der Waals surface area contributed by atoms with E-state index in [0.717, 1.165) is 28.3 Å². The fourth-order valence-electron chi connectivity index (χ4n) is 2.09. The first-order valence-electron chi connectivity index (χ1n) is 6.91. The number of ether oxygens (including phenoxy) is 1. The number of halogens is 1. The molecule has 1 fully saturated rings. The molecule has 0 unspecified atom stereocenters. The highest BCUT2D eigenvalue weighted by Gasteiger charge is 2.21. The van der Waals surface area contributed by atoms with Crippen LogP contribution in [0.15, 0.2) is 39.2 Å². The van der Waals surface area contributed by atoms with Crippen molar-refractivity contribution >= 4 is 15.9 Å². The predicted octanol–water partition coefficient (Wildman–Crippen LogP) is 4.18. The van der Waals surface area contributed by atoms with Crippen LogP contribution in [0.1, 0.15) is 29.9 Å². The van der Waals surface area contributed by atoms with Gasteiger partial charge < -0.3 is 14.5 Å². The van der Waals surface area contributed by atoms with Gasteiger partial charge in [0.25, 0.3) is 0 Å². The van der Waals surface area contributed by atoms with Gasteiger partial charge in [0, 0.05) is 18.2 Å². The van der Waals surface area contributed by atoms with Crippen LogP contribution in [0.5, 0.6) is 5.75 Å². The molecule has 0 amide bonds. The minimum Gasteiger partial charge on any atom is -0.484 e. The molecule has 1 heterocycles. The predicted molar refractivity (Wildman–Crippen MR) is 81.8 cm³/mol. The van der Waals surface area contributed by atoms with Crippen molar-refractivity contribution in [1.29, 1.82) is 0 Å². The Bertz CT molecular complexity index is 590. The third-order valence-corrected chi connectivity index (χ3v) is 4.09. The van der Waals surface area contributed by atoms with E-state index in [1.807, 2.05) is 31.2 Å². The molecule has 0 aliphatic heterocycles. The van der Waals surface area contributed by atoms with Gasteiger partial charge in [0.15, 0.2) is 0 Å². The molecule has 1 aliphatic rings. The average molecular weight is 336 g/mol. The van der Waals surface area contributed by atoms with Gasteiger partial charge in [-0.05, 0) is 53.9 Å². The second kappa shape index (κ2) is 6.02. The third kappa shape index (κ3) is 3.44. The summed E-state index contributed by atoms with van der Waals surface area (Å²) in [7, 11) is 0. The standard InChI is InChI=1S/C16H18BrNO2/c1-11-12(9-18-13-6-7-13)8-14(20-11)10-19-16-5-3-2-4-15(16)17/h2-5,8,13,18H,6-7,9-10H2,1H3. The Kier molecular flexibility index (Phi) is 4.13. The zero-order valence-electron chi connectivity index (χ0n) is 11.5. The summed E-state index contributed by atoms with van der Waals surface area (Å²) in [6.45, 7) is 3.34. The molecule has 0 bridgehead atoms. The average Bonchev–Trinajstić information content (AvgIpc) is 3.20. The Morgan fingerprint density at radius 1 is 1.35 bits per heavy atom. The molecule has 0 radical (unpaired) electrons. The number of benzene rings is 1. The molecule has 4 heteroatoms. The Morgan fingerprint density at radius 2 is 2.15 bits per heavy atom. The van der Waals surface area contributed by atoms with Crippen molar-refractivity contribution in [3.05, 3.63) is 51.9 Å². The Balaban J connectivity index is 1.59. The van der Waals surface area contributed by atoms with Crippen LogP contribution in [0.2, 0.25) is 0 Å². The SMILES string of the molecule is Cc1oc(COc2ccccc2Br)cc1CNC1CC1. The summed E-state index contributed by atoms with van der Waals surface area (Å²) in [4.78, 5) is 0. The highest BCUT2D eigenvalue weighted by Crippen LogP contribution is 2.26. The van der Waals surface area contributed by atoms with Crippen molar-refractivity contribution in [1.82, 2.24) is 5.32 Å². The zero-order chi connectivity index (χ0) is 13.9. The summed E-state index contributed by atoms with van der Waals surface area (Å²) in [6, 6.07) is 10.6. The molecule has 1 aromatic carbocycles. The number of hydrogen-bond donors (Lipinski definition) is 1. The van der Waals surface area contributed by atoms with Crippen LogP contribution in [0.25, 0.3) is 0 Å². The summed E-state index contributed by atoms with van der Waals surface area (Å²) in [5.74, 6) is 2.67. The first-order chi connectivity index (χ1) is 9.72. The van der Waals surface area contributed by atoms with Gasteiger partial charge in [0.1, 0.15) is 23.9 Å². The lowest BCUT2D eigenvalue weighted by atomic mass is 10.2. The lowest BCUT2D eigenvalue weighted by molar-refractivity contribution is 0.266. The second-order valence-electron chi connectivity index (χ2n) is 5.17. The van der Waals surface area contributed by atoms with Crippen LogP contribution in [0.4, 0.5) is 0 Å². The maximum Gasteiger partial charge on any atom is 0.146 e. The highest BCUT2D eigenvalue weighted by atomic mass is 79.9. The van der Waals surface area contributed by atoms with Crippen molar-refractivity contribution in [3.8, 4) is 5.75 Å². The number of aryl methyl sites for hydroxylation is 1. The summed E-state index contributed by atoms with van der Waals surface area (Å²) < 4.78 is 12.5. The van der Waals surface area contributed by atoms with Crippen molar-refractivity contribution in [3.63, 3.8) is 0 Å².